The summed E-state index contributed by atoms with van der Waals surface area (Å²) in [6.07, 6.45) is -1.66. The molecule has 11 heteroatoms. The molecule has 32 heavy (non-hydrogen) atoms. The number of amides is 1. The minimum absolute atomic E-state index is 0.0241. The number of nitrogens with zero attached hydrogens (tertiary/aromatic N) is 2. The van der Waals surface area contributed by atoms with Gasteiger partial charge in [0.2, 0.25) is 5.91 Å². The Labute approximate surface area is 183 Å². The first-order chi connectivity index (χ1) is 15.1. The van der Waals surface area contributed by atoms with E-state index >= 15 is 0 Å². The highest BCUT2D eigenvalue weighted by Gasteiger charge is 2.32. The van der Waals surface area contributed by atoms with Crippen LogP contribution in [-0.4, -0.2) is 39.8 Å². The van der Waals surface area contributed by atoms with Crippen LogP contribution >= 0.6 is 0 Å². The van der Waals surface area contributed by atoms with Crippen LogP contribution in [0.25, 0.3) is 0 Å². The Bertz CT molecular complexity index is 1170. The van der Waals surface area contributed by atoms with Crippen LogP contribution in [-0.2, 0) is 21.0 Å². The number of carbonyl (C=O) groups excluding carboxylic acids is 1. The summed E-state index contributed by atoms with van der Waals surface area (Å²) >= 11 is 0. The fraction of sp³-hybridized carbons (Fsp3) is 0.333. The van der Waals surface area contributed by atoms with Gasteiger partial charge >= 0.3 is 6.18 Å². The summed E-state index contributed by atoms with van der Waals surface area (Å²) in [6.45, 7) is 0.923. The predicted molar refractivity (Wildman–Crippen MR) is 114 cm³/mol. The minimum Gasteiger partial charge on any atom is -0.370 e. The van der Waals surface area contributed by atoms with Crippen molar-refractivity contribution in [3.05, 3.63) is 53.6 Å². The molecule has 0 bridgehead atoms. The van der Waals surface area contributed by atoms with Crippen molar-refractivity contribution in [1.82, 2.24) is 4.72 Å². The van der Waals surface area contributed by atoms with Gasteiger partial charge in [0.05, 0.1) is 21.8 Å². The SMILES string of the molecule is O=C(CN=C1NS(=O)(=O)c2ccccc21)Nc1cc(C(F)(F)F)ccc1N1CCCCC1. The monoisotopic (exact) mass is 466 g/mol. The van der Waals surface area contributed by atoms with Gasteiger partial charge < -0.3 is 10.2 Å². The summed E-state index contributed by atoms with van der Waals surface area (Å²) in [6, 6.07) is 9.50. The molecule has 2 N–H and O–H groups in total. The summed E-state index contributed by atoms with van der Waals surface area (Å²) in [5.74, 6) is -0.630. The van der Waals surface area contributed by atoms with E-state index in [0.29, 0.717) is 24.3 Å². The van der Waals surface area contributed by atoms with Crippen molar-refractivity contribution in [3.8, 4) is 0 Å². The number of amidine groups is 1. The van der Waals surface area contributed by atoms with Crippen molar-refractivity contribution in [2.75, 3.05) is 29.9 Å². The van der Waals surface area contributed by atoms with Crippen molar-refractivity contribution >= 4 is 33.1 Å². The molecule has 0 radical (unpaired) electrons. The largest absolute Gasteiger partial charge is 0.416 e. The molecule has 7 nitrogen and oxygen atoms in total. The van der Waals surface area contributed by atoms with Gasteiger partial charge in [0.25, 0.3) is 10.0 Å². The smallest absolute Gasteiger partial charge is 0.370 e. The van der Waals surface area contributed by atoms with Gasteiger partial charge in [-0.25, -0.2) is 8.42 Å². The predicted octanol–water partition coefficient (Wildman–Crippen LogP) is 3.37. The normalized spacial score (nSPS) is 18.8. The third-order valence-electron chi connectivity index (χ3n) is 5.34. The first-order valence-corrected chi connectivity index (χ1v) is 11.6. The Morgan fingerprint density at radius 1 is 1.09 bits per heavy atom. The van der Waals surface area contributed by atoms with E-state index < -0.39 is 34.2 Å². The quantitative estimate of drug-likeness (QED) is 0.723. The van der Waals surface area contributed by atoms with E-state index in [1.54, 1.807) is 18.2 Å². The molecule has 0 aliphatic carbocycles. The Balaban J connectivity index is 1.57. The molecule has 2 aliphatic heterocycles. The molecule has 2 aromatic carbocycles. The third-order valence-corrected chi connectivity index (χ3v) is 6.74. The highest BCUT2D eigenvalue weighted by atomic mass is 32.2. The third kappa shape index (κ3) is 4.57. The zero-order valence-corrected chi connectivity index (χ0v) is 17.8. The van der Waals surface area contributed by atoms with E-state index in [1.807, 2.05) is 4.90 Å². The number of sulfonamides is 1. The lowest BCUT2D eigenvalue weighted by molar-refractivity contribution is -0.137. The molecular formula is C21H21F3N4O3S. The maximum absolute atomic E-state index is 13.2. The zero-order valence-electron chi connectivity index (χ0n) is 16.9. The number of alkyl halides is 3. The summed E-state index contributed by atoms with van der Waals surface area (Å²) in [4.78, 5) is 18.6. The molecule has 4 rings (SSSR count). The molecule has 2 heterocycles. The van der Waals surface area contributed by atoms with E-state index in [2.05, 4.69) is 15.0 Å². The summed E-state index contributed by atoms with van der Waals surface area (Å²) in [5.41, 5.74) is 0.0515. The summed E-state index contributed by atoms with van der Waals surface area (Å²) < 4.78 is 66.3. The maximum atomic E-state index is 13.2. The van der Waals surface area contributed by atoms with Gasteiger partial charge in [-0.2, -0.15) is 13.2 Å². The molecule has 0 saturated carbocycles. The molecular weight excluding hydrogens is 445 g/mol. The number of nitrogens with one attached hydrogen (secondary N) is 2. The molecule has 1 saturated heterocycles. The van der Waals surface area contributed by atoms with Gasteiger partial charge in [-0.1, -0.05) is 12.1 Å². The van der Waals surface area contributed by atoms with Crippen LogP contribution < -0.4 is 14.9 Å². The van der Waals surface area contributed by atoms with Crippen LogP contribution in [0, 0.1) is 0 Å². The number of anilines is 2. The molecule has 0 unspecified atom stereocenters. The molecule has 1 amide bonds. The number of piperidine rings is 1. The average molecular weight is 466 g/mol. The number of rotatable bonds is 4. The number of halogens is 3. The molecule has 0 spiro atoms. The van der Waals surface area contributed by atoms with Gasteiger partial charge in [0.15, 0.2) is 0 Å². The first-order valence-electron chi connectivity index (χ1n) is 10.1. The first kappa shape index (κ1) is 22.1. The number of hydrogen-bond acceptors (Lipinski definition) is 5. The van der Waals surface area contributed by atoms with Gasteiger partial charge in [-0.15, -0.1) is 0 Å². The fourth-order valence-corrected chi connectivity index (χ4v) is 5.07. The Kier molecular flexibility index (Phi) is 5.85. The second-order valence-corrected chi connectivity index (χ2v) is 9.24. The number of hydrogen-bond donors (Lipinski definition) is 2. The number of aliphatic imine (C=N–C) groups is 1. The topological polar surface area (TPSA) is 90.9 Å². The summed E-state index contributed by atoms with van der Waals surface area (Å²) in [7, 11) is -3.75. The van der Waals surface area contributed by atoms with Crippen LogP contribution in [0.2, 0.25) is 0 Å². The number of fused-ring (bicyclic) bond motifs is 1. The van der Waals surface area contributed by atoms with Crippen LogP contribution in [0.3, 0.4) is 0 Å². The molecule has 0 aromatic heterocycles. The lowest BCUT2D eigenvalue weighted by Crippen LogP contribution is -2.31. The highest BCUT2D eigenvalue weighted by Crippen LogP contribution is 2.36. The van der Waals surface area contributed by atoms with Gasteiger partial charge in [0.1, 0.15) is 12.4 Å². The van der Waals surface area contributed by atoms with Crippen molar-refractivity contribution in [2.45, 2.75) is 30.3 Å². The maximum Gasteiger partial charge on any atom is 0.416 e. The average Bonchev–Trinajstić information content (AvgIpc) is 3.03. The van der Waals surface area contributed by atoms with Crippen LogP contribution in [0.15, 0.2) is 52.4 Å². The van der Waals surface area contributed by atoms with Crippen LogP contribution in [0.4, 0.5) is 24.5 Å². The molecule has 2 aromatic rings. The molecule has 170 valence electrons. The number of carbonyl (C=O) groups is 1. The van der Waals surface area contributed by atoms with E-state index in [1.165, 1.54) is 12.1 Å². The Morgan fingerprint density at radius 2 is 1.81 bits per heavy atom. The van der Waals surface area contributed by atoms with Crippen molar-refractivity contribution in [1.29, 1.82) is 0 Å². The van der Waals surface area contributed by atoms with E-state index in [0.717, 1.165) is 31.4 Å². The standard InChI is InChI=1S/C21H21F3N4O3S/c22-21(23,24)14-8-9-17(28-10-4-1-5-11-28)16(12-14)26-19(29)13-25-20-15-6-2-3-7-18(15)32(30,31)27-20/h2-3,6-9,12H,1,4-5,10-11,13H2,(H,25,27)(H,26,29). The van der Waals surface area contributed by atoms with Gasteiger partial charge in [0, 0.05) is 18.7 Å². The Hall–Kier alpha value is -3.08. The second kappa shape index (κ2) is 8.45. The molecule has 0 atom stereocenters. The van der Waals surface area contributed by atoms with Gasteiger partial charge in [-0.3, -0.25) is 14.5 Å². The van der Waals surface area contributed by atoms with E-state index in [9.17, 15) is 26.4 Å². The van der Waals surface area contributed by atoms with E-state index in [4.69, 9.17) is 0 Å². The lowest BCUT2D eigenvalue weighted by atomic mass is 10.1. The van der Waals surface area contributed by atoms with Gasteiger partial charge in [-0.05, 0) is 49.6 Å². The molecule has 1 fully saturated rings. The summed E-state index contributed by atoms with van der Waals surface area (Å²) in [5, 5.41) is 2.52. The Morgan fingerprint density at radius 3 is 2.53 bits per heavy atom. The number of benzene rings is 2. The van der Waals surface area contributed by atoms with Crippen molar-refractivity contribution in [2.24, 2.45) is 4.99 Å². The highest BCUT2D eigenvalue weighted by molar-refractivity contribution is 7.90. The van der Waals surface area contributed by atoms with Crippen molar-refractivity contribution < 1.29 is 26.4 Å². The molecule has 2 aliphatic rings. The zero-order chi connectivity index (χ0) is 22.9. The van der Waals surface area contributed by atoms with E-state index in [-0.39, 0.29) is 16.4 Å². The fourth-order valence-electron chi connectivity index (χ4n) is 3.81. The minimum atomic E-state index is -4.55. The lowest BCUT2D eigenvalue weighted by Gasteiger charge is -2.31. The van der Waals surface area contributed by atoms with Crippen LogP contribution in [0.5, 0.6) is 0 Å². The van der Waals surface area contributed by atoms with Crippen LogP contribution in [0.1, 0.15) is 30.4 Å². The van der Waals surface area contributed by atoms with Crippen molar-refractivity contribution in [3.63, 3.8) is 0 Å². The second-order valence-electron chi connectivity index (χ2n) is 7.59.